The summed E-state index contributed by atoms with van der Waals surface area (Å²) in [5.74, 6) is 0. The number of hydrogen-bond acceptors (Lipinski definition) is 1. The normalized spacial score (nSPS) is 13.1. The average Bonchev–Trinajstić information content (AvgIpc) is 1.96. The minimum absolute atomic E-state index is 0.0502. The minimum atomic E-state index is -0.0502. The van der Waals surface area contributed by atoms with Gasteiger partial charge in [-0.3, -0.25) is 0 Å². The van der Waals surface area contributed by atoms with E-state index in [0.717, 1.165) is 7.48 Å². The molecule has 0 aliphatic carbocycles. The van der Waals surface area contributed by atoms with Crippen LogP contribution in [-0.2, 0) is 4.65 Å². The molecule has 0 N–H and O–H groups in total. The van der Waals surface area contributed by atoms with Crippen molar-refractivity contribution >= 4 is 16.7 Å². The molecular formula is C10H24BOP. The zero-order valence-electron chi connectivity index (χ0n) is 9.81. The second kappa shape index (κ2) is 5.36. The van der Waals surface area contributed by atoms with Gasteiger partial charge >= 0.3 is 0 Å². The molecular weight excluding hydrogens is 178 g/mol. The summed E-state index contributed by atoms with van der Waals surface area (Å²) in [6.45, 7) is 10.9. The molecule has 0 fully saturated rings. The van der Waals surface area contributed by atoms with Gasteiger partial charge in [0.05, 0.1) is 5.60 Å². The van der Waals surface area contributed by atoms with Crippen LogP contribution >= 0.6 is 9.24 Å². The van der Waals surface area contributed by atoms with Crippen LogP contribution in [-0.4, -0.2) is 18.2 Å². The van der Waals surface area contributed by atoms with Crippen molar-refractivity contribution in [1.82, 2.24) is 0 Å². The fourth-order valence-electron chi connectivity index (χ4n) is 0.865. The Kier molecular flexibility index (Phi) is 5.55. The maximum Gasteiger partial charge on any atom is 0.275 e. The molecule has 0 aromatic carbocycles. The Morgan fingerprint density at radius 1 is 1.23 bits per heavy atom. The predicted octanol–water partition coefficient (Wildman–Crippen LogP) is 3.01. The first-order chi connectivity index (χ1) is 5.81. The molecule has 0 amide bonds. The summed E-state index contributed by atoms with van der Waals surface area (Å²) < 4.78 is 5.88. The van der Waals surface area contributed by atoms with E-state index in [2.05, 4.69) is 43.9 Å². The number of unbranched alkanes of at least 4 members (excludes halogenated alkanes) is 1. The quantitative estimate of drug-likeness (QED) is 0.365. The summed E-state index contributed by atoms with van der Waals surface area (Å²) in [5.41, 5.74) is -0.0502. The zero-order valence-corrected chi connectivity index (χ0v) is 11.0. The molecule has 0 aliphatic heterocycles. The van der Waals surface area contributed by atoms with E-state index in [0.29, 0.717) is 0 Å². The Balaban J connectivity index is 3.77. The number of hydrogen-bond donors (Lipinski definition) is 0. The minimum Gasteiger partial charge on any atom is -0.434 e. The molecule has 0 spiro atoms. The van der Waals surface area contributed by atoms with Crippen LogP contribution in [0.25, 0.3) is 0 Å². The van der Waals surface area contributed by atoms with E-state index in [1.165, 1.54) is 19.2 Å². The lowest BCUT2D eigenvalue weighted by Gasteiger charge is -2.39. The van der Waals surface area contributed by atoms with Crippen molar-refractivity contribution in [3.05, 3.63) is 0 Å². The van der Waals surface area contributed by atoms with Crippen LogP contribution in [0.3, 0.4) is 0 Å². The highest BCUT2D eigenvalue weighted by molar-refractivity contribution is 7.19. The summed E-state index contributed by atoms with van der Waals surface area (Å²) >= 11 is 0. The summed E-state index contributed by atoms with van der Waals surface area (Å²) in [6, 6.07) is 0. The Hall–Kier alpha value is 0.455. The molecule has 13 heavy (non-hydrogen) atoms. The van der Waals surface area contributed by atoms with Crippen LogP contribution in [0.1, 0.15) is 47.5 Å². The molecule has 0 saturated carbocycles. The second-order valence-corrected chi connectivity index (χ2v) is 6.23. The van der Waals surface area contributed by atoms with Crippen molar-refractivity contribution in [3.63, 3.8) is 0 Å². The molecule has 0 rings (SSSR count). The molecule has 0 saturated heterocycles. The monoisotopic (exact) mass is 202 g/mol. The predicted molar refractivity (Wildman–Crippen MR) is 65.8 cm³/mol. The van der Waals surface area contributed by atoms with Gasteiger partial charge in [-0.15, -0.1) is 9.24 Å². The van der Waals surface area contributed by atoms with Crippen LogP contribution in [0.2, 0.25) is 6.32 Å². The van der Waals surface area contributed by atoms with Crippen molar-refractivity contribution in [2.75, 3.05) is 0 Å². The van der Waals surface area contributed by atoms with Crippen LogP contribution in [0.4, 0.5) is 0 Å². The molecule has 0 aromatic rings. The van der Waals surface area contributed by atoms with Crippen molar-refractivity contribution in [3.8, 4) is 0 Å². The van der Waals surface area contributed by atoms with E-state index in [1.807, 2.05) is 0 Å². The molecule has 0 heterocycles. The van der Waals surface area contributed by atoms with Gasteiger partial charge in [-0.05, 0) is 13.8 Å². The van der Waals surface area contributed by atoms with E-state index < -0.39 is 0 Å². The molecule has 0 aromatic heterocycles. The number of rotatable bonds is 6. The highest BCUT2D eigenvalue weighted by Crippen LogP contribution is 2.33. The largest absolute Gasteiger partial charge is 0.434 e. The van der Waals surface area contributed by atoms with Crippen molar-refractivity contribution in [2.24, 2.45) is 0 Å². The van der Waals surface area contributed by atoms with Crippen molar-refractivity contribution in [1.29, 1.82) is 0 Å². The van der Waals surface area contributed by atoms with E-state index in [4.69, 9.17) is 4.65 Å². The summed E-state index contributed by atoms with van der Waals surface area (Å²) in [6.07, 6.45) is 3.71. The Bertz CT molecular complexity index is 140. The summed E-state index contributed by atoms with van der Waals surface area (Å²) in [4.78, 5) is 0. The zero-order chi connectivity index (χ0) is 10.5. The molecule has 0 radical (unpaired) electrons. The van der Waals surface area contributed by atoms with Gasteiger partial charge in [-0.1, -0.05) is 39.9 Å². The van der Waals surface area contributed by atoms with E-state index in [9.17, 15) is 0 Å². The maximum atomic E-state index is 5.88. The van der Waals surface area contributed by atoms with E-state index in [1.54, 1.807) is 0 Å². The van der Waals surface area contributed by atoms with E-state index >= 15 is 0 Å². The van der Waals surface area contributed by atoms with Crippen molar-refractivity contribution in [2.45, 2.75) is 64.5 Å². The molecule has 0 aliphatic rings. The maximum absolute atomic E-state index is 5.88. The van der Waals surface area contributed by atoms with E-state index in [-0.39, 0.29) is 10.8 Å². The molecule has 0 bridgehead atoms. The molecule has 78 valence electrons. The standard InChI is InChI=1S/C10H24BOP/c1-6-7-8-11-12-9(2,3)10(4,5)13/h11H,6-8,13H2,1-5H3. The third-order valence-electron chi connectivity index (χ3n) is 2.76. The van der Waals surface area contributed by atoms with Gasteiger partial charge in [0, 0.05) is 5.16 Å². The third kappa shape index (κ3) is 5.03. The van der Waals surface area contributed by atoms with Gasteiger partial charge in [0.15, 0.2) is 0 Å². The molecule has 1 nitrogen and oxygen atoms in total. The van der Waals surface area contributed by atoms with Gasteiger partial charge in [0.25, 0.3) is 7.48 Å². The molecule has 3 heteroatoms. The Labute approximate surface area is 86.5 Å². The Morgan fingerprint density at radius 3 is 2.15 bits per heavy atom. The first-order valence-corrected chi connectivity index (χ1v) is 5.82. The highest BCUT2D eigenvalue weighted by Gasteiger charge is 2.33. The fraction of sp³-hybridized carbons (Fsp3) is 1.00. The van der Waals surface area contributed by atoms with Gasteiger partial charge < -0.3 is 4.65 Å². The first-order valence-electron chi connectivity index (χ1n) is 5.24. The lowest BCUT2D eigenvalue weighted by atomic mass is 9.86. The van der Waals surface area contributed by atoms with Crippen LogP contribution < -0.4 is 0 Å². The summed E-state index contributed by atoms with van der Waals surface area (Å²) in [5, 5.41) is 0.138. The SMILES string of the molecule is CCCCBOC(C)(C)C(C)(C)P. The molecule has 1 atom stereocenters. The van der Waals surface area contributed by atoms with Gasteiger partial charge in [-0.2, -0.15) is 0 Å². The fourth-order valence-corrected chi connectivity index (χ4v) is 0.949. The van der Waals surface area contributed by atoms with Crippen LogP contribution in [0, 0.1) is 0 Å². The smallest absolute Gasteiger partial charge is 0.275 e. The second-order valence-electron chi connectivity index (χ2n) is 4.79. The topological polar surface area (TPSA) is 9.23 Å². The van der Waals surface area contributed by atoms with Crippen molar-refractivity contribution < 1.29 is 4.65 Å². The summed E-state index contributed by atoms with van der Waals surface area (Å²) in [7, 11) is 3.75. The van der Waals surface area contributed by atoms with Gasteiger partial charge in [0.1, 0.15) is 0 Å². The lowest BCUT2D eigenvalue weighted by Crippen LogP contribution is -2.43. The molecule has 1 unspecified atom stereocenters. The highest BCUT2D eigenvalue weighted by atomic mass is 31.0. The van der Waals surface area contributed by atoms with Gasteiger partial charge in [-0.25, -0.2) is 0 Å². The Morgan fingerprint density at radius 2 is 1.77 bits per heavy atom. The lowest BCUT2D eigenvalue weighted by molar-refractivity contribution is 0.0810. The van der Waals surface area contributed by atoms with Gasteiger partial charge in [0.2, 0.25) is 0 Å². The average molecular weight is 202 g/mol. The first kappa shape index (κ1) is 13.5. The van der Waals surface area contributed by atoms with Crippen LogP contribution in [0.5, 0.6) is 0 Å². The van der Waals surface area contributed by atoms with Crippen LogP contribution in [0.15, 0.2) is 0 Å². The third-order valence-corrected chi connectivity index (χ3v) is 3.46.